The van der Waals surface area contributed by atoms with E-state index in [1.54, 1.807) is 18.2 Å². The number of fused-ring (bicyclic) bond motifs is 1. The Morgan fingerprint density at radius 2 is 2.36 bits per heavy atom. The summed E-state index contributed by atoms with van der Waals surface area (Å²) in [5.41, 5.74) is 1.73. The van der Waals surface area contributed by atoms with E-state index in [0.29, 0.717) is 5.69 Å². The van der Waals surface area contributed by atoms with Crippen LogP contribution in [-0.4, -0.2) is 21.3 Å². The van der Waals surface area contributed by atoms with Crippen LogP contribution >= 0.6 is 0 Å². The van der Waals surface area contributed by atoms with E-state index in [-0.39, 0.29) is 5.56 Å². The Morgan fingerprint density at radius 1 is 1.57 bits per heavy atom. The molecule has 0 bridgehead atoms. The molecule has 1 heterocycles. The number of aromatic amines is 1. The monoisotopic (exact) mass is 188 g/mol. The van der Waals surface area contributed by atoms with Gasteiger partial charge in [-0.1, -0.05) is 6.58 Å². The normalized spacial score (nSPS) is 10.3. The highest BCUT2D eigenvalue weighted by Crippen LogP contribution is 2.18. The molecule has 0 saturated heterocycles. The minimum atomic E-state index is -0.942. The van der Waals surface area contributed by atoms with Gasteiger partial charge in [0.1, 0.15) is 0 Å². The van der Waals surface area contributed by atoms with Gasteiger partial charge in [-0.2, -0.15) is 5.10 Å². The summed E-state index contributed by atoms with van der Waals surface area (Å²) in [4.78, 5) is 10.7. The number of hydrogen-bond acceptors (Lipinski definition) is 2. The molecule has 1 aromatic heterocycles. The van der Waals surface area contributed by atoms with Crippen molar-refractivity contribution in [3.8, 4) is 0 Å². The second-order valence-electron chi connectivity index (χ2n) is 2.88. The maximum atomic E-state index is 10.7. The van der Waals surface area contributed by atoms with Crippen LogP contribution < -0.4 is 0 Å². The first-order valence-electron chi connectivity index (χ1n) is 4.06. The molecule has 0 aliphatic heterocycles. The first-order valence-corrected chi connectivity index (χ1v) is 4.06. The molecule has 2 aromatic rings. The van der Waals surface area contributed by atoms with Gasteiger partial charge in [-0.15, -0.1) is 0 Å². The van der Waals surface area contributed by atoms with Crippen LogP contribution in [0.25, 0.3) is 17.0 Å². The number of benzene rings is 1. The number of nitrogens with zero attached hydrogens (tertiary/aromatic N) is 1. The smallest absolute Gasteiger partial charge is 0.335 e. The van der Waals surface area contributed by atoms with Crippen molar-refractivity contribution in [1.82, 2.24) is 10.2 Å². The molecule has 0 fully saturated rings. The van der Waals surface area contributed by atoms with Crippen LogP contribution in [0.5, 0.6) is 0 Å². The van der Waals surface area contributed by atoms with E-state index in [1.807, 2.05) is 0 Å². The molecule has 2 rings (SSSR count). The highest BCUT2D eigenvalue weighted by molar-refractivity contribution is 5.95. The topological polar surface area (TPSA) is 66.0 Å². The number of aromatic nitrogens is 2. The Morgan fingerprint density at radius 3 is 3.00 bits per heavy atom. The highest BCUT2D eigenvalue weighted by Gasteiger charge is 2.07. The molecular formula is C10H8N2O2. The quantitative estimate of drug-likeness (QED) is 0.756. The maximum Gasteiger partial charge on any atom is 0.335 e. The van der Waals surface area contributed by atoms with Crippen molar-refractivity contribution in [2.24, 2.45) is 0 Å². The molecule has 0 saturated carbocycles. The Kier molecular flexibility index (Phi) is 1.81. The molecule has 0 unspecified atom stereocenters. The van der Waals surface area contributed by atoms with E-state index in [1.165, 1.54) is 6.07 Å². The van der Waals surface area contributed by atoms with Gasteiger partial charge >= 0.3 is 5.97 Å². The molecule has 0 aliphatic carbocycles. The molecule has 4 nitrogen and oxygen atoms in total. The number of rotatable bonds is 2. The molecule has 1 aromatic carbocycles. The molecule has 0 aliphatic rings. The predicted molar refractivity (Wildman–Crippen MR) is 53.1 cm³/mol. The number of nitrogens with one attached hydrogen (secondary N) is 1. The van der Waals surface area contributed by atoms with Crippen molar-refractivity contribution in [2.75, 3.05) is 0 Å². The SMILES string of the molecule is C=Cc1n[nH]c2ccc(C(=O)O)cc12. The minimum absolute atomic E-state index is 0.252. The molecule has 4 heteroatoms. The standard InChI is InChI=1S/C10H8N2O2/c1-2-8-7-5-6(10(13)14)3-4-9(7)12-11-8/h2-5H,1H2,(H,11,12)(H,13,14). The summed E-state index contributed by atoms with van der Waals surface area (Å²) in [6.45, 7) is 3.60. The second kappa shape index (κ2) is 2.99. The third-order valence-electron chi connectivity index (χ3n) is 2.03. The third-order valence-corrected chi connectivity index (χ3v) is 2.03. The van der Waals surface area contributed by atoms with E-state index >= 15 is 0 Å². The molecule has 0 amide bonds. The van der Waals surface area contributed by atoms with Crippen LogP contribution in [0.15, 0.2) is 24.8 Å². The van der Waals surface area contributed by atoms with Crippen LogP contribution in [0.3, 0.4) is 0 Å². The molecule has 14 heavy (non-hydrogen) atoms. The van der Waals surface area contributed by atoms with Crippen molar-refractivity contribution in [3.05, 3.63) is 36.0 Å². The maximum absolute atomic E-state index is 10.7. The summed E-state index contributed by atoms with van der Waals surface area (Å²) in [5.74, 6) is -0.942. The van der Waals surface area contributed by atoms with E-state index in [9.17, 15) is 4.79 Å². The van der Waals surface area contributed by atoms with Crippen molar-refractivity contribution in [1.29, 1.82) is 0 Å². The van der Waals surface area contributed by atoms with Gasteiger partial charge in [0.25, 0.3) is 0 Å². The van der Waals surface area contributed by atoms with Gasteiger partial charge in [0.05, 0.1) is 16.8 Å². The average molecular weight is 188 g/mol. The van der Waals surface area contributed by atoms with Crippen LogP contribution in [0.4, 0.5) is 0 Å². The summed E-state index contributed by atoms with van der Waals surface area (Å²) >= 11 is 0. The Balaban J connectivity index is 2.73. The molecule has 70 valence electrons. The van der Waals surface area contributed by atoms with Gasteiger partial charge in [-0.05, 0) is 24.3 Å². The molecule has 0 radical (unpaired) electrons. The summed E-state index contributed by atoms with van der Waals surface area (Å²) < 4.78 is 0. The zero-order valence-corrected chi connectivity index (χ0v) is 7.32. The van der Waals surface area contributed by atoms with Crippen LogP contribution in [0.1, 0.15) is 16.1 Å². The van der Waals surface area contributed by atoms with Gasteiger partial charge in [0.2, 0.25) is 0 Å². The number of aromatic carboxylic acids is 1. The number of hydrogen-bond donors (Lipinski definition) is 2. The lowest BCUT2D eigenvalue weighted by Crippen LogP contribution is -1.94. The molecule has 2 N–H and O–H groups in total. The average Bonchev–Trinajstić information content (AvgIpc) is 2.59. The lowest BCUT2D eigenvalue weighted by molar-refractivity contribution is 0.0697. The summed E-state index contributed by atoms with van der Waals surface area (Å²) in [7, 11) is 0. The van der Waals surface area contributed by atoms with E-state index in [4.69, 9.17) is 5.11 Å². The van der Waals surface area contributed by atoms with E-state index < -0.39 is 5.97 Å². The Hall–Kier alpha value is -2.10. The Labute approximate surface area is 79.9 Å². The van der Waals surface area contributed by atoms with Crippen LogP contribution in [0.2, 0.25) is 0 Å². The van der Waals surface area contributed by atoms with Crippen molar-refractivity contribution in [2.45, 2.75) is 0 Å². The number of carboxylic acids is 1. The summed E-state index contributed by atoms with van der Waals surface area (Å²) in [6, 6.07) is 4.81. The van der Waals surface area contributed by atoms with Crippen molar-refractivity contribution in [3.63, 3.8) is 0 Å². The zero-order valence-electron chi connectivity index (χ0n) is 7.32. The number of carbonyl (C=O) groups is 1. The second-order valence-corrected chi connectivity index (χ2v) is 2.88. The number of H-pyrrole nitrogens is 1. The first-order chi connectivity index (χ1) is 6.72. The predicted octanol–water partition coefficient (Wildman–Crippen LogP) is 1.90. The molecular weight excluding hydrogens is 180 g/mol. The summed E-state index contributed by atoms with van der Waals surface area (Å²) in [6.07, 6.45) is 1.59. The minimum Gasteiger partial charge on any atom is -0.478 e. The Bertz CT molecular complexity index is 514. The fourth-order valence-corrected chi connectivity index (χ4v) is 1.32. The van der Waals surface area contributed by atoms with Gasteiger partial charge in [-0.25, -0.2) is 4.79 Å². The molecule has 0 spiro atoms. The van der Waals surface area contributed by atoms with Gasteiger partial charge < -0.3 is 5.11 Å². The lowest BCUT2D eigenvalue weighted by atomic mass is 10.1. The third kappa shape index (κ3) is 1.17. The fourth-order valence-electron chi connectivity index (χ4n) is 1.32. The highest BCUT2D eigenvalue weighted by atomic mass is 16.4. The summed E-state index contributed by atoms with van der Waals surface area (Å²) in [5, 5.41) is 16.3. The first kappa shape index (κ1) is 8.50. The number of carboxylic acid groups (broad SMARTS) is 1. The van der Waals surface area contributed by atoms with Gasteiger partial charge in [0.15, 0.2) is 0 Å². The van der Waals surface area contributed by atoms with Crippen LogP contribution in [0, 0.1) is 0 Å². The fraction of sp³-hybridized carbons (Fsp3) is 0. The van der Waals surface area contributed by atoms with Crippen molar-refractivity contribution < 1.29 is 9.90 Å². The largest absolute Gasteiger partial charge is 0.478 e. The van der Waals surface area contributed by atoms with Crippen molar-refractivity contribution >= 4 is 22.9 Å². The van der Waals surface area contributed by atoms with Gasteiger partial charge in [0, 0.05) is 5.39 Å². The van der Waals surface area contributed by atoms with E-state index in [0.717, 1.165) is 10.9 Å². The lowest BCUT2D eigenvalue weighted by Gasteiger charge is -1.94. The van der Waals surface area contributed by atoms with Gasteiger partial charge in [-0.3, -0.25) is 5.10 Å². The molecule has 0 atom stereocenters. The van der Waals surface area contributed by atoms with Crippen LogP contribution in [-0.2, 0) is 0 Å². The van der Waals surface area contributed by atoms with E-state index in [2.05, 4.69) is 16.8 Å². The zero-order chi connectivity index (χ0) is 10.1.